The van der Waals surface area contributed by atoms with Gasteiger partial charge < -0.3 is 9.88 Å². The highest BCUT2D eigenvalue weighted by molar-refractivity contribution is 5.30. The third-order valence-corrected chi connectivity index (χ3v) is 3.15. The molecule has 0 aliphatic carbocycles. The fourth-order valence-electron chi connectivity index (χ4n) is 2.02. The van der Waals surface area contributed by atoms with E-state index in [9.17, 15) is 0 Å². The molecule has 3 heteroatoms. The summed E-state index contributed by atoms with van der Waals surface area (Å²) in [6, 6.07) is 6.62. The second-order valence-electron chi connectivity index (χ2n) is 4.76. The minimum absolute atomic E-state index is 0.956. The number of benzene rings is 1. The number of nitrogens with one attached hydrogen (secondary N) is 1. The highest BCUT2D eigenvalue weighted by Gasteiger charge is 1.98. The molecule has 1 N–H and O–H groups in total. The lowest BCUT2D eigenvalue weighted by Crippen LogP contribution is -2.17. The van der Waals surface area contributed by atoms with Crippen LogP contribution in [0.25, 0.3) is 0 Å². The standard InChI is InChI=1S/C15H21N3/c1-13-4-5-14(2)15(10-13)11-16-6-3-8-18-9-7-17-12-18/h4-5,7,9-10,12,16H,3,6,8,11H2,1-2H3. The molecule has 1 aromatic carbocycles. The van der Waals surface area contributed by atoms with Gasteiger partial charge in [-0.2, -0.15) is 0 Å². The van der Waals surface area contributed by atoms with Crippen molar-refractivity contribution in [1.82, 2.24) is 14.9 Å². The molecular weight excluding hydrogens is 222 g/mol. The van der Waals surface area contributed by atoms with Crippen LogP contribution in [0.1, 0.15) is 23.1 Å². The van der Waals surface area contributed by atoms with Gasteiger partial charge in [0.1, 0.15) is 0 Å². The van der Waals surface area contributed by atoms with Gasteiger partial charge in [-0.25, -0.2) is 4.98 Å². The van der Waals surface area contributed by atoms with Gasteiger partial charge in [0.15, 0.2) is 0 Å². The van der Waals surface area contributed by atoms with E-state index in [1.54, 1.807) is 0 Å². The van der Waals surface area contributed by atoms with Gasteiger partial charge >= 0.3 is 0 Å². The summed E-state index contributed by atoms with van der Waals surface area (Å²) in [5, 5.41) is 3.50. The monoisotopic (exact) mass is 243 g/mol. The molecule has 0 amide bonds. The Morgan fingerprint density at radius 3 is 2.94 bits per heavy atom. The number of hydrogen-bond donors (Lipinski definition) is 1. The first kappa shape index (κ1) is 12.8. The van der Waals surface area contributed by atoms with Crippen molar-refractivity contribution in [2.24, 2.45) is 0 Å². The first-order valence-corrected chi connectivity index (χ1v) is 6.48. The molecule has 0 unspecified atom stereocenters. The molecule has 0 spiro atoms. The van der Waals surface area contributed by atoms with Crippen LogP contribution in [0.4, 0.5) is 0 Å². The Kier molecular flexibility index (Phi) is 4.53. The van der Waals surface area contributed by atoms with Crippen molar-refractivity contribution in [3.05, 3.63) is 53.6 Å². The predicted octanol–water partition coefficient (Wildman–Crippen LogP) is 2.68. The van der Waals surface area contributed by atoms with Crippen molar-refractivity contribution >= 4 is 0 Å². The molecule has 0 bridgehead atoms. The largest absolute Gasteiger partial charge is 0.337 e. The summed E-state index contributed by atoms with van der Waals surface area (Å²) in [5.74, 6) is 0. The Bertz CT molecular complexity index is 474. The van der Waals surface area contributed by atoms with Crippen LogP contribution >= 0.6 is 0 Å². The molecule has 3 nitrogen and oxygen atoms in total. The molecule has 0 radical (unpaired) electrons. The van der Waals surface area contributed by atoms with Gasteiger partial charge in [-0.15, -0.1) is 0 Å². The molecular formula is C15H21N3. The van der Waals surface area contributed by atoms with E-state index in [4.69, 9.17) is 0 Å². The van der Waals surface area contributed by atoms with Crippen LogP contribution in [0.3, 0.4) is 0 Å². The molecule has 0 aliphatic rings. The Morgan fingerprint density at radius 1 is 1.28 bits per heavy atom. The van der Waals surface area contributed by atoms with E-state index < -0.39 is 0 Å². The third-order valence-electron chi connectivity index (χ3n) is 3.15. The van der Waals surface area contributed by atoms with E-state index in [1.165, 1.54) is 16.7 Å². The van der Waals surface area contributed by atoms with Gasteiger partial charge in [0.2, 0.25) is 0 Å². The van der Waals surface area contributed by atoms with Crippen LogP contribution in [-0.4, -0.2) is 16.1 Å². The number of imidazole rings is 1. The Balaban J connectivity index is 1.70. The number of nitrogens with zero attached hydrogens (tertiary/aromatic N) is 2. The molecule has 2 rings (SSSR count). The first-order chi connectivity index (χ1) is 8.75. The van der Waals surface area contributed by atoms with Gasteiger partial charge in [0.05, 0.1) is 6.33 Å². The normalized spacial score (nSPS) is 10.8. The Labute approximate surface area is 109 Å². The van der Waals surface area contributed by atoms with Crippen molar-refractivity contribution in [1.29, 1.82) is 0 Å². The van der Waals surface area contributed by atoms with E-state index in [2.05, 4.69) is 46.9 Å². The SMILES string of the molecule is Cc1ccc(C)c(CNCCCn2ccnc2)c1. The molecule has 96 valence electrons. The maximum atomic E-state index is 4.03. The molecule has 0 aliphatic heterocycles. The maximum absolute atomic E-state index is 4.03. The minimum Gasteiger partial charge on any atom is -0.337 e. The van der Waals surface area contributed by atoms with E-state index in [0.29, 0.717) is 0 Å². The number of rotatable bonds is 6. The average Bonchev–Trinajstić information content (AvgIpc) is 2.86. The summed E-state index contributed by atoms with van der Waals surface area (Å²) in [6.45, 7) is 7.33. The van der Waals surface area contributed by atoms with Crippen molar-refractivity contribution in [3.63, 3.8) is 0 Å². The van der Waals surface area contributed by atoms with Gasteiger partial charge in [0, 0.05) is 25.5 Å². The highest BCUT2D eigenvalue weighted by Crippen LogP contribution is 2.10. The second-order valence-corrected chi connectivity index (χ2v) is 4.76. The van der Waals surface area contributed by atoms with Crippen LogP contribution in [0, 0.1) is 13.8 Å². The zero-order valence-electron chi connectivity index (χ0n) is 11.2. The maximum Gasteiger partial charge on any atom is 0.0945 e. The molecule has 18 heavy (non-hydrogen) atoms. The first-order valence-electron chi connectivity index (χ1n) is 6.48. The van der Waals surface area contributed by atoms with Crippen LogP contribution in [0.2, 0.25) is 0 Å². The molecule has 1 aromatic heterocycles. The number of hydrogen-bond acceptors (Lipinski definition) is 2. The van der Waals surface area contributed by atoms with Gasteiger partial charge in [0.25, 0.3) is 0 Å². The molecule has 1 heterocycles. The summed E-state index contributed by atoms with van der Waals surface area (Å²) in [6.07, 6.45) is 6.82. The zero-order chi connectivity index (χ0) is 12.8. The summed E-state index contributed by atoms with van der Waals surface area (Å²) in [7, 11) is 0. The van der Waals surface area contributed by atoms with Crippen LogP contribution < -0.4 is 5.32 Å². The Morgan fingerprint density at radius 2 is 2.17 bits per heavy atom. The lowest BCUT2D eigenvalue weighted by molar-refractivity contribution is 0.580. The molecule has 0 saturated carbocycles. The van der Waals surface area contributed by atoms with E-state index in [-0.39, 0.29) is 0 Å². The number of aromatic nitrogens is 2. The van der Waals surface area contributed by atoms with Crippen molar-refractivity contribution < 1.29 is 0 Å². The summed E-state index contributed by atoms with van der Waals surface area (Å²) in [5.41, 5.74) is 4.09. The Hall–Kier alpha value is -1.61. The van der Waals surface area contributed by atoms with Gasteiger partial charge in [-0.05, 0) is 37.9 Å². The third kappa shape index (κ3) is 3.70. The van der Waals surface area contributed by atoms with E-state index in [0.717, 1.165) is 26.1 Å². The average molecular weight is 243 g/mol. The quantitative estimate of drug-likeness (QED) is 0.791. The van der Waals surface area contributed by atoms with Gasteiger partial charge in [-0.3, -0.25) is 0 Å². The van der Waals surface area contributed by atoms with Crippen LogP contribution in [-0.2, 0) is 13.1 Å². The lowest BCUT2D eigenvalue weighted by Gasteiger charge is -2.09. The lowest BCUT2D eigenvalue weighted by atomic mass is 10.1. The second kappa shape index (κ2) is 6.36. The summed E-state index contributed by atoms with van der Waals surface area (Å²) < 4.78 is 2.11. The summed E-state index contributed by atoms with van der Waals surface area (Å²) in [4.78, 5) is 4.03. The van der Waals surface area contributed by atoms with Crippen molar-refractivity contribution in [2.75, 3.05) is 6.54 Å². The van der Waals surface area contributed by atoms with Crippen LogP contribution in [0.15, 0.2) is 36.9 Å². The molecule has 2 aromatic rings. The smallest absolute Gasteiger partial charge is 0.0945 e. The van der Waals surface area contributed by atoms with Crippen molar-refractivity contribution in [2.45, 2.75) is 33.4 Å². The van der Waals surface area contributed by atoms with Crippen molar-refractivity contribution in [3.8, 4) is 0 Å². The highest BCUT2D eigenvalue weighted by atomic mass is 15.0. The van der Waals surface area contributed by atoms with E-state index >= 15 is 0 Å². The van der Waals surface area contributed by atoms with Gasteiger partial charge in [-0.1, -0.05) is 23.8 Å². The summed E-state index contributed by atoms with van der Waals surface area (Å²) >= 11 is 0. The predicted molar refractivity (Wildman–Crippen MR) is 74.5 cm³/mol. The minimum atomic E-state index is 0.956. The molecule has 0 saturated heterocycles. The topological polar surface area (TPSA) is 29.9 Å². The molecule has 0 fully saturated rings. The fraction of sp³-hybridized carbons (Fsp3) is 0.400. The van der Waals surface area contributed by atoms with E-state index in [1.807, 2.05) is 18.7 Å². The number of aryl methyl sites for hydroxylation is 3. The van der Waals surface area contributed by atoms with Crippen LogP contribution in [0.5, 0.6) is 0 Å². The fourth-order valence-corrected chi connectivity index (χ4v) is 2.02. The zero-order valence-corrected chi connectivity index (χ0v) is 11.2. The molecule has 0 atom stereocenters.